The van der Waals surface area contributed by atoms with Crippen LogP contribution in [0.4, 0.5) is 0 Å². The van der Waals surface area contributed by atoms with Gasteiger partial charge in [0.15, 0.2) is 0 Å². The Hall–Kier alpha value is -0.570. The summed E-state index contributed by atoms with van der Waals surface area (Å²) in [6, 6.07) is 0. The fourth-order valence-corrected chi connectivity index (χ4v) is 0.668. The third-order valence-electron chi connectivity index (χ3n) is 1.58. The van der Waals surface area contributed by atoms with Gasteiger partial charge in [-0.05, 0) is 12.8 Å². The van der Waals surface area contributed by atoms with E-state index in [9.17, 15) is 4.79 Å². The van der Waals surface area contributed by atoms with E-state index in [-0.39, 0.29) is 12.5 Å². The van der Waals surface area contributed by atoms with Gasteiger partial charge in [0, 0.05) is 20.2 Å². The van der Waals surface area contributed by atoms with E-state index < -0.39 is 0 Å². The molecule has 0 aromatic heterocycles. The summed E-state index contributed by atoms with van der Waals surface area (Å²) >= 11 is 0. The Morgan fingerprint density at radius 3 is 2.50 bits per heavy atom. The molecule has 0 N–H and O–H groups in total. The molecule has 1 amide bonds. The third-order valence-corrected chi connectivity index (χ3v) is 1.58. The van der Waals surface area contributed by atoms with Crippen molar-refractivity contribution in [1.29, 1.82) is 0 Å². The molecule has 0 heterocycles. The van der Waals surface area contributed by atoms with Crippen molar-refractivity contribution >= 4 is 5.91 Å². The number of rotatable bonds is 5. The van der Waals surface area contributed by atoms with Crippen molar-refractivity contribution < 1.29 is 9.53 Å². The van der Waals surface area contributed by atoms with Gasteiger partial charge in [0.2, 0.25) is 5.91 Å². The second kappa shape index (κ2) is 6.00. The molecule has 0 bridgehead atoms. The molecule has 0 saturated heterocycles. The van der Waals surface area contributed by atoms with Crippen molar-refractivity contribution in [2.45, 2.75) is 20.8 Å². The predicted octanol–water partition coefficient (Wildman–Crippen LogP) is 1.14. The fraction of sp³-hybridized carbons (Fsp3) is 0.889. The Morgan fingerprint density at radius 2 is 2.08 bits per heavy atom. The highest BCUT2D eigenvalue weighted by molar-refractivity contribution is 5.77. The second-order valence-electron chi connectivity index (χ2n) is 3.32. The van der Waals surface area contributed by atoms with Gasteiger partial charge in [-0.25, -0.2) is 0 Å². The predicted molar refractivity (Wildman–Crippen MR) is 49.0 cm³/mol. The first-order valence-corrected chi connectivity index (χ1v) is 4.39. The van der Waals surface area contributed by atoms with Crippen LogP contribution in [0.3, 0.4) is 0 Å². The van der Waals surface area contributed by atoms with Gasteiger partial charge in [-0.1, -0.05) is 13.8 Å². The quantitative estimate of drug-likeness (QED) is 0.624. The van der Waals surface area contributed by atoms with E-state index in [2.05, 4.69) is 13.8 Å². The molecule has 0 unspecified atom stereocenters. The van der Waals surface area contributed by atoms with Crippen molar-refractivity contribution in [3.05, 3.63) is 0 Å². The highest BCUT2D eigenvalue weighted by Gasteiger charge is 2.06. The van der Waals surface area contributed by atoms with E-state index in [0.717, 1.165) is 6.54 Å². The molecule has 0 fully saturated rings. The summed E-state index contributed by atoms with van der Waals surface area (Å²) in [6.07, 6.45) is 0. The summed E-state index contributed by atoms with van der Waals surface area (Å²) in [5.74, 6) is 0.544. The van der Waals surface area contributed by atoms with E-state index in [4.69, 9.17) is 4.74 Å². The van der Waals surface area contributed by atoms with Gasteiger partial charge < -0.3 is 9.64 Å². The largest absolute Gasteiger partial charge is 0.371 e. The molecule has 0 rings (SSSR count). The lowest BCUT2D eigenvalue weighted by atomic mass is 10.2. The molecule has 0 aliphatic heterocycles. The van der Waals surface area contributed by atoms with Crippen LogP contribution < -0.4 is 0 Å². The highest BCUT2D eigenvalue weighted by Crippen LogP contribution is 1.93. The number of ether oxygens (including phenoxy) is 1. The van der Waals surface area contributed by atoms with Crippen LogP contribution >= 0.6 is 0 Å². The fourth-order valence-electron chi connectivity index (χ4n) is 0.668. The van der Waals surface area contributed by atoms with Crippen LogP contribution in [0.25, 0.3) is 0 Å². The molecule has 12 heavy (non-hydrogen) atoms. The smallest absolute Gasteiger partial charge is 0.248 e. The average molecular weight is 173 g/mol. The topological polar surface area (TPSA) is 29.5 Å². The van der Waals surface area contributed by atoms with Crippen LogP contribution in [0.5, 0.6) is 0 Å². The first kappa shape index (κ1) is 11.4. The van der Waals surface area contributed by atoms with Gasteiger partial charge in [0.25, 0.3) is 0 Å². The van der Waals surface area contributed by atoms with Gasteiger partial charge in [-0.2, -0.15) is 0 Å². The molecule has 0 radical (unpaired) electrons. The van der Waals surface area contributed by atoms with E-state index in [1.165, 1.54) is 0 Å². The standard InChI is InChI=1S/C9H19NO2/c1-5-10(4)9(11)7-12-6-8(2)3/h8H,5-7H2,1-4H3. The minimum atomic E-state index is 0.0538. The Morgan fingerprint density at radius 1 is 1.50 bits per heavy atom. The summed E-state index contributed by atoms with van der Waals surface area (Å²) in [4.78, 5) is 12.8. The van der Waals surface area contributed by atoms with E-state index in [0.29, 0.717) is 12.5 Å². The van der Waals surface area contributed by atoms with Crippen molar-refractivity contribution in [2.24, 2.45) is 5.92 Å². The number of carbonyl (C=O) groups is 1. The summed E-state index contributed by atoms with van der Waals surface area (Å²) in [5.41, 5.74) is 0. The molecule has 3 nitrogen and oxygen atoms in total. The lowest BCUT2D eigenvalue weighted by molar-refractivity contribution is -0.134. The maximum atomic E-state index is 11.2. The van der Waals surface area contributed by atoms with Gasteiger partial charge in [-0.15, -0.1) is 0 Å². The molecule has 0 saturated carbocycles. The van der Waals surface area contributed by atoms with Crippen molar-refractivity contribution in [1.82, 2.24) is 4.90 Å². The minimum Gasteiger partial charge on any atom is -0.371 e. The van der Waals surface area contributed by atoms with Gasteiger partial charge in [0.05, 0.1) is 0 Å². The number of hydrogen-bond donors (Lipinski definition) is 0. The Labute approximate surface area is 74.7 Å². The van der Waals surface area contributed by atoms with Crippen LogP contribution in [0, 0.1) is 5.92 Å². The monoisotopic (exact) mass is 173 g/mol. The van der Waals surface area contributed by atoms with Crippen LogP contribution in [0.1, 0.15) is 20.8 Å². The van der Waals surface area contributed by atoms with Gasteiger partial charge in [-0.3, -0.25) is 4.79 Å². The van der Waals surface area contributed by atoms with E-state index >= 15 is 0 Å². The van der Waals surface area contributed by atoms with E-state index in [1.807, 2.05) is 6.92 Å². The minimum absolute atomic E-state index is 0.0538. The number of nitrogens with zero attached hydrogens (tertiary/aromatic N) is 1. The first-order chi connectivity index (χ1) is 5.57. The molecule has 72 valence electrons. The molecule has 0 aromatic carbocycles. The Kier molecular flexibility index (Phi) is 5.72. The zero-order valence-corrected chi connectivity index (χ0v) is 8.46. The third kappa shape index (κ3) is 5.13. The maximum Gasteiger partial charge on any atom is 0.248 e. The molecule has 3 heteroatoms. The van der Waals surface area contributed by atoms with Gasteiger partial charge in [0.1, 0.15) is 6.61 Å². The molecule has 0 aliphatic carbocycles. The second-order valence-corrected chi connectivity index (χ2v) is 3.32. The van der Waals surface area contributed by atoms with Crippen molar-refractivity contribution in [3.63, 3.8) is 0 Å². The van der Waals surface area contributed by atoms with Crippen molar-refractivity contribution in [3.8, 4) is 0 Å². The molecule has 0 aromatic rings. The van der Waals surface area contributed by atoms with E-state index in [1.54, 1.807) is 11.9 Å². The summed E-state index contributed by atoms with van der Waals surface area (Å²) < 4.78 is 5.19. The first-order valence-electron chi connectivity index (χ1n) is 4.39. The maximum absolute atomic E-state index is 11.2. The Bertz CT molecular complexity index is 134. The van der Waals surface area contributed by atoms with Gasteiger partial charge >= 0.3 is 0 Å². The SMILES string of the molecule is CCN(C)C(=O)COCC(C)C. The Balaban J connectivity index is 3.44. The van der Waals surface area contributed by atoms with Crippen LogP contribution in [-0.4, -0.2) is 37.6 Å². The van der Waals surface area contributed by atoms with Crippen molar-refractivity contribution in [2.75, 3.05) is 26.8 Å². The van der Waals surface area contributed by atoms with Crippen LogP contribution in [0.2, 0.25) is 0 Å². The summed E-state index contributed by atoms with van der Waals surface area (Å²) in [7, 11) is 1.78. The zero-order valence-electron chi connectivity index (χ0n) is 8.46. The summed E-state index contributed by atoms with van der Waals surface area (Å²) in [5, 5.41) is 0. The van der Waals surface area contributed by atoms with Crippen LogP contribution in [0.15, 0.2) is 0 Å². The normalized spacial score (nSPS) is 10.4. The zero-order chi connectivity index (χ0) is 9.56. The summed E-state index contributed by atoms with van der Waals surface area (Å²) in [6.45, 7) is 7.68. The van der Waals surface area contributed by atoms with Crippen LogP contribution in [-0.2, 0) is 9.53 Å². The lowest BCUT2D eigenvalue weighted by Gasteiger charge is -2.14. The number of likely N-dealkylation sites (N-methyl/N-ethyl adjacent to an activating group) is 1. The molecule has 0 atom stereocenters. The number of amides is 1. The average Bonchev–Trinajstić information content (AvgIpc) is 2.02. The number of hydrogen-bond acceptors (Lipinski definition) is 2. The highest BCUT2D eigenvalue weighted by atomic mass is 16.5. The molecular formula is C9H19NO2. The molecule has 0 aliphatic rings. The lowest BCUT2D eigenvalue weighted by Crippen LogP contribution is -2.30. The molecule has 0 spiro atoms. The number of carbonyl (C=O) groups excluding carboxylic acids is 1. The molecular weight excluding hydrogens is 154 g/mol.